The van der Waals surface area contributed by atoms with Gasteiger partial charge in [-0.15, -0.1) is 11.8 Å². The van der Waals surface area contributed by atoms with E-state index < -0.39 is 31.0 Å². The number of aliphatic hydroxyl groups excluding tert-OH is 5. The Morgan fingerprint density at radius 3 is 2.21 bits per heavy atom. The molecule has 0 saturated carbocycles. The van der Waals surface area contributed by atoms with Crippen LogP contribution in [0.3, 0.4) is 0 Å². The number of benzene rings is 1. The smallest absolute Gasteiger partial charge is 0.232 e. The molecular formula is C15H24N2O6S. The zero-order valence-corrected chi connectivity index (χ0v) is 14.1. The van der Waals surface area contributed by atoms with E-state index in [2.05, 4.69) is 0 Å². The lowest BCUT2D eigenvalue weighted by Gasteiger charge is -2.28. The number of carbonyl (C=O) groups is 1. The second-order valence-corrected chi connectivity index (χ2v) is 6.48. The SMILES string of the molecule is CN(CC(O)C(O)C(O)C(O)CO)C(=O)CSc1ccc(N)cc1. The summed E-state index contributed by atoms with van der Waals surface area (Å²) in [5.74, 6) is -0.148. The third kappa shape index (κ3) is 6.27. The van der Waals surface area contributed by atoms with Gasteiger partial charge in [-0.2, -0.15) is 0 Å². The van der Waals surface area contributed by atoms with Gasteiger partial charge in [0.15, 0.2) is 0 Å². The van der Waals surface area contributed by atoms with E-state index in [0.29, 0.717) is 5.69 Å². The maximum Gasteiger partial charge on any atom is 0.232 e. The van der Waals surface area contributed by atoms with Crippen molar-refractivity contribution in [3.05, 3.63) is 24.3 Å². The summed E-state index contributed by atoms with van der Waals surface area (Å²) in [7, 11) is 1.46. The number of nitrogen functional groups attached to an aromatic ring is 1. The molecule has 136 valence electrons. The van der Waals surface area contributed by atoms with Crippen LogP contribution in [0.15, 0.2) is 29.2 Å². The molecule has 1 amide bonds. The topological polar surface area (TPSA) is 147 Å². The molecule has 0 aromatic heterocycles. The van der Waals surface area contributed by atoms with Gasteiger partial charge in [0.2, 0.25) is 5.91 Å². The fourth-order valence-corrected chi connectivity index (χ4v) is 2.71. The molecule has 4 unspecified atom stereocenters. The van der Waals surface area contributed by atoms with Crippen molar-refractivity contribution in [2.24, 2.45) is 0 Å². The lowest BCUT2D eigenvalue weighted by atomic mass is 10.0. The highest BCUT2D eigenvalue weighted by molar-refractivity contribution is 8.00. The summed E-state index contributed by atoms with van der Waals surface area (Å²) in [5, 5.41) is 47.1. The fraction of sp³-hybridized carbons (Fsp3) is 0.533. The first-order chi connectivity index (χ1) is 11.3. The predicted molar refractivity (Wildman–Crippen MR) is 90.3 cm³/mol. The van der Waals surface area contributed by atoms with Crippen LogP contribution in [0.25, 0.3) is 0 Å². The van der Waals surface area contributed by atoms with Crippen LogP contribution in [-0.2, 0) is 4.79 Å². The standard InChI is InChI=1S/C15H24N2O6S/c1-17(6-11(19)14(22)15(23)12(20)7-18)13(21)8-24-10-4-2-9(16)3-5-10/h2-5,11-12,14-15,18-20,22-23H,6-8,16H2,1H3. The lowest BCUT2D eigenvalue weighted by Crippen LogP contribution is -2.50. The van der Waals surface area contributed by atoms with Crippen molar-refractivity contribution in [2.45, 2.75) is 29.3 Å². The number of hydrogen-bond acceptors (Lipinski definition) is 8. The molecule has 0 aliphatic rings. The maximum atomic E-state index is 12.0. The Morgan fingerprint density at radius 2 is 1.67 bits per heavy atom. The number of rotatable bonds is 9. The summed E-state index contributed by atoms with van der Waals surface area (Å²) in [6.45, 7) is -0.977. The molecule has 7 N–H and O–H groups in total. The largest absolute Gasteiger partial charge is 0.399 e. The van der Waals surface area contributed by atoms with E-state index in [1.807, 2.05) is 0 Å². The Balaban J connectivity index is 2.46. The number of nitrogens with two attached hydrogens (primary N) is 1. The summed E-state index contributed by atoms with van der Waals surface area (Å²) in [6, 6.07) is 7.03. The van der Waals surface area contributed by atoms with Crippen LogP contribution < -0.4 is 5.73 Å². The third-order valence-electron chi connectivity index (χ3n) is 3.45. The van der Waals surface area contributed by atoms with E-state index in [-0.39, 0.29) is 18.2 Å². The van der Waals surface area contributed by atoms with Gasteiger partial charge < -0.3 is 36.2 Å². The number of amides is 1. The molecule has 0 aliphatic carbocycles. The van der Waals surface area contributed by atoms with Gasteiger partial charge in [-0.05, 0) is 24.3 Å². The second kappa shape index (κ2) is 9.82. The van der Waals surface area contributed by atoms with E-state index in [9.17, 15) is 25.2 Å². The molecule has 1 aromatic carbocycles. The van der Waals surface area contributed by atoms with Gasteiger partial charge in [-0.3, -0.25) is 4.79 Å². The summed E-state index contributed by atoms with van der Waals surface area (Å²) in [4.78, 5) is 14.1. The van der Waals surface area contributed by atoms with E-state index in [0.717, 1.165) is 4.90 Å². The summed E-state index contributed by atoms with van der Waals surface area (Å²) in [6.07, 6.45) is -6.43. The minimum atomic E-state index is -1.71. The van der Waals surface area contributed by atoms with Gasteiger partial charge in [-0.1, -0.05) is 0 Å². The van der Waals surface area contributed by atoms with E-state index in [1.165, 1.54) is 23.7 Å². The first kappa shape index (κ1) is 20.7. The highest BCUT2D eigenvalue weighted by Crippen LogP contribution is 2.19. The van der Waals surface area contributed by atoms with Crippen LogP contribution in [0.5, 0.6) is 0 Å². The molecule has 1 aromatic rings. The zero-order chi connectivity index (χ0) is 18.3. The van der Waals surface area contributed by atoms with Crippen molar-refractivity contribution in [1.29, 1.82) is 0 Å². The Labute approximate surface area is 144 Å². The highest BCUT2D eigenvalue weighted by atomic mass is 32.2. The molecule has 1 rings (SSSR count). The van der Waals surface area contributed by atoms with Gasteiger partial charge in [-0.25, -0.2) is 0 Å². The van der Waals surface area contributed by atoms with E-state index in [4.69, 9.17) is 10.8 Å². The molecule has 4 atom stereocenters. The van der Waals surface area contributed by atoms with Crippen molar-refractivity contribution < 1.29 is 30.3 Å². The number of anilines is 1. The van der Waals surface area contributed by atoms with Gasteiger partial charge in [0, 0.05) is 24.2 Å². The summed E-state index contributed by atoms with van der Waals surface area (Å²) >= 11 is 1.30. The summed E-state index contributed by atoms with van der Waals surface area (Å²) in [5.41, 5.74) is 6.21. The number of likely N-dealkylation sites (N-methyl/N-ethyl adjacent to an activating group) is 1. The monoisotopic (exact) mass is 360 g/mol. The fourth-order valence-electron chi connectivity index (χ4n) is 1.87. The molecule has 8 nitrogen and oxygen atoms in total. The summed E-state index contributed by atoms with van der Waals surface area (Å²) < 4.78 is 0. The van der Waals surface area contributed by atoms with Crippen molar-refractivity contribution in [3.63, 3.8) is 0 Å². The zero-order valence-electron chi connectivity index (χ0n) is 13.3. The number of hydrogen-bond donors (Lipinski definition) is 6. The molecule has 0 aliphatic heterocycles. The molecule has 0 bridgehead atoms. The van der Waals surface area contributed by atoms with Crippen LogP contribution in [0, 0.1) is 0 Å². The number of aliphatic hydroxyl groups is 5. The van der Waals surface area contributed by atoms with Gasteiger partial charge in [0.25, 0.3) is 0 Å². The van der Waals surface area contributed by atoms with Gasteiger partial charge >= 0.3 is 0 Å². The minimum Gasteiger partial charge on any atom is -0.399 e. The van der Waals surface area contributed by atoms with Crippen LogP contribution in [-0.4, -0.2) is 86.7 Å². The lowest BCUT2D eigenvalue weighted by molar-refractivity contribution is -0.135. The average molecular weight is 360 g/mol. The van der Waals surface area contributed by atoms with Crippen LogP contribution >= 0.6 is 11.8 Å². The highest BCUT2D eigenvalue weighted by Gasteiger charge is 2.31. The molecule has 9 heteroatoms. The Hall–Kier alpha value is -1.36. The average Bonchev–Trinajstić information content (AvgIpc) is 2.58. The number of carbonyl (C=O) groups excluding carboxylic acids is 1. The predicted octanol–water partition coefficient (Wildman–Crippen LogP) is -1.74. The van der Waals surface area contributed by atoms with Crippen LogP contribution in [0.1, 0.15) is 0 Å². The number of nitrogens with zero attached hydrogens (tertiary/aromatic N) is 1. The van der Waals surface area contributed by atoms with E-state index in [1.54, 1.807) is 24.3 Å². The Bertz CT molecular complexity index is 515. The molecule has 0 radical (unpaired) electrons. The third-order valence-corrected chi connectivity index (χ3v) is 4.45. The second-order valence-electron chi connectivity index (χ2n) is 5.43. The molecule has 0 spiro atoms. The number of thioether (sulfide) groups is 1. The quantitative estimate of drug-likeness (QED) is 0.224. The van der Waals surface area contributed by atoms with Gasteiger partial charge in [0.05, 0.1) is 12.4 Å². The molecule has 0 fully saturated rings. The van der Waals surface area contributed by atoms with Crippen molar-refractivity contribution in [2.75, 3.05) is 31.7 Å². The van der Waals surface area contributed by atoms with Crippen molar-refractivity contribution in [1.82, 2.24) is 4.90 Å². The van der Waals surface area contributed by atoms with Crippen LogP contribution in [0.4, 0.5) is 5.69 Å². The first-order valence-corrected chi connectivity index (χ1v) is 8.30. The minimum absolute atomic E-state index is 0.130. The molecular weight excluding hydrogens is 336 g/mol. The maximum absolute atomic E-state index is 12.0. The molecule has 0 saturated heterocycles. The van der Waals surface area contributed by atoms with Crippen molar-refractivity contribution in [3.8, 4) is 0 Å². The normalized spacial score (nSPS) is 16.2. The molecule has 0 heterocycles. The first-order valence-electron chi connectivity index (χ1n) is 7.31. The van der Waals surface area contributed by atoms with Crippen LogP contribution in [0.2, 0.25) is 0 Å². The molecule has 24 heavy (non-hydrogen) atoms. The van der Waals surface area contributed by atoms with Crippen molar-refractivity contribution >= 4 is 23.4 Å². The van der Waals surface area contributed by atoms with E-state index >= 15 is 0 Å². The van der Waals surface area contributed by atoms with Gasteiger partial charge in [0.1, 0.15) is 24.4 Å². The Kier molecular flexibility index (Phi) is 8.46. The Morgan fingerprint density at radius 1 is 1.12 bits per heavy atom.